The number of imidazole rings is 1. The molecule has 0 aliphatic carbocycles. The standard InChI is InChI=1S/C24H26N6O/c1-16-14-29(15-17(2)27-16)20-5-3-19(4-6-20)28-21-7-8-22(30-12-11-26-24(21)30)18-9-10-25-23(31)13-18/h3-13,16-17,27-28H,14-15H2,1-2H3,(H,25,31). The molecule has 4 aromatic rings. The maximum absolute atomic E-state index is 11.7. The van der Waals surface area contributed by atoms with Crippen LogP contribution in [0.5, 0.6) is 0 Å². The van der Waals surface area contributed by atoms with E-state index in [0.717, 1.165) is 41.4 Å². The number of anilines is 3. The van der Waals surface area contributed by atoms with Crippen LogP contribution in [-0.4, -0.2) is 39.5 Å². The number of benzene rings is 1. The summed E-state index contributed by atoms with van der Waals surface area (Å²) in [6.45, 7) is 6.47. The van der Waals surface area contributed by atoms with Gasteiger partial charge in [0.1, 0.15) is 0 Å². The van der Waals surface area contributed by atoms with Crippen LogP contribution in [0.15, 0.2) is 71.9 Å². The molecule has 2 atom stereocenters. The van der Waals surface area contributed by atoms with Gasteiger partial charge in [-0.15, -0.1) is 0 Å². The third-order valence-electron chi connectivity index (χ3n) is 5.69. The highest BCUT2D eigenvalue weighted by Crippen LogP contribution is 2.28. The number of nitrogens with zero attached hydrogens (tertiary/aromatic N) is 3. The van der Waals surface area contributed by atoms with Crippen LogP contribution in [0.3, 0.4) is 0 Å². The molecule has 5 rings (SSSR count). The lowest BCUT2D eigenvalue weighted by atomic mass is 10.1. The van der Waals surface area contributed by atoms with Crippen LogP contribution in [-0.2, 0) is 0 Å². The van der Waals surface area contributed by atoms with Gasteiger partial charge in [-0.2, -0.15) is 0 Å². The Kier molecular flexibility index (Phi) is 4.95. The summed E-state index contributed by atoms with van der Waals surface area (Å²) in [7, 11) is 0. The van der Waals surface area contributed by atoms with Crippen molar-refractivity contribution in [2.75, 3.05) is 23.3 Å². The average Bonchev–Trinajstić information content (AvgIpc) is 3.24. The zero-order valence-electron chi connectivity index (χ0n) is 17.7. The number of rotatable bonds is 4. The second kappa shape index (κ2) is 7.92. The maximum Gasteiger partial charge on any atom is 0.248 e. The van der Waals surface area contributed by atoms with E-state index in [9.17, 15) is 4.79 Å². The van der Waals surface area contributed by atoms with Gasteiger partial charge in [0.25, 0.3) is 0 Å². The van der Waals surface area contributed by atoms with Crippen molar-refractivity contribution in [1.29, 1.82) is 0 Å². The van der Waals surface area contributed by atoms with E-state index in [0.29, 0.717) is 12.1 Å². The van der Waals surface area contributed by atoms with Crippen LogP contribution in [0.1, 0.15) is 13.8 Å². The second-order valence-corrected chi connectivity index (χ2v) is 8.24. The first-order chi connectivity index (χ1) is 15.1. The summed E-state index contributed by atoms with van der Waals surface area (Å²) in [5, 5.41) is 7.06. The zero-order valence-corrected chi connectivity index (χ0v) is 17.7. The largest absolute Gasteiger partial charge is 0.368 e. The molecule has 158 valence electrons. The van der Waals surface area contributed by atoms with E-state index in [1.165, 1.54) is 5.69 Å². The Labute approximate surface area is 180 Å². The smallest absolute Gasteiger partial charge is 0.248 e. The Morgan fingerprint density at radius 2 is 1.81 bits per heavy atom. The van der Waals surface area contributed by atoms with Gasteiger partial charge in [-0.05, 0) is 56.3 Å². The van der Waals surface area contributed by atoms with Gasteiger partial charge in [0, 0.05) is 66.8 Å². The summed E-state index contributed by atoms with van der Waals surface area (Å²) in [4.78, 5) is 21.3. The van der Waals surface area contributed by atoms with Crippen LogP contribution in [0, 0.1) is 0 Å². The van der Waals surface area contributed by atoms with Crippen molar-refractivity contribution in [3.05, 3.63) is 77.5 Å². The normalized spacial score (nSPS) is 19.0. The Balaban J connectivity index is 1.40. The molecule has 0 amide bonds. The SMILES string of the molecule is CC1CN(c2ccc(Nc3ccc(-c4cc[nH]c(=O)c4)n4ccnc34)cc2)CC(C)N1. The molecular formula is C24H26N6O. The Morgan fingerprint density at radius 3 is 2.55 bits per heavy atom. The highest BCUT2D eigenvalue weighted by molar-refractivity contribution is 5.78. The third kappa shape index (κ3) is 3.92. The van der Waals surface area contributed by atoms with E-state index < -0.39 is 0 Å². The van der Waals surface area contributed by atoms with Crippen molar-refractivity contribution in [3.63, 3.8) is 0 Å². The molecule has 1 saturated heterocycles. The van der Waals surface area contributed by atoms with Gasteiger partial charge in [-0.3, -0.25) is 9.20 Å². The maximum atomic E-state index is 11.7. The third-order valence-corrected chi connectivity index (χ3v) is 5.69. The molecule has 1 aliphatic rings. The van der Waals surface area contributed by atoms with Crippen molar-refractivity contribution < 1.29 is 0 Å². The number of pyridine rings is 2. The molecule has 0 saturated carbocycles. The van der Waals surface area contributed by atoms with E-state index in [4.69, 9.17) is 0 Å². The summed E-state index contributed by atoms with van der Waals surface area (Å²) in [5.41, 5.74) is 5.61. The first kappa shape index (κ1) is 19.4. The van der Waals surface area contributed by atoms with E-state index in [1.54, 1.807) is 18.5 Å². The molecule has 7 nitrogen and oxygen atoms in total. The molecule has 4 heterocycles. The monoisotopic (exact) mass is 414 g/mol. The fraction of sp³-hybridized carbons (Fsp3) is 0.250. The first-order valence-corrected chi connectivity index (χ1v) is 10.6. The molecule has 3 N–H and O–H groups in total. The predicted molar refractivity (Wildman–Crippen MR) is 125 cm³/mol. The fourth-order valence-electron chi connectivity index (χ4n) is 4.40. The van der Waals surface area contributed by atoms with Crippen molar-refractivity contribution >= 4 is 22.7 Å². The van der Waals surface area contributed by atoms with Crippen molar-refractivity contribution in [1.82, 2.24) is 19.7 Å². The molecule has 3 aromatic heterocycles. The fourth-order valence-corrected chi connectivity index (χ4v) is 4.40. The molecular weight excluding hydrogens is 388 g/mol. The van der Waals surface area contributed by atoms with Gasteiger partial charge in [-0.1, -0.05) is 0 Å². The lowest BCUT2D eigenvalue weighted by Gasteiger charge is -2.37. The number of aromatic amines is 1. The molecule has 2 unspecified atom stereocenters. The molecule has 0 spiro atoms. The molecule has 0 radical (unpaired) electrons. The quantitative estimate of drug-likeness (QED) is 0.475. The van der Waals surface area contributed by atoms with Crippen molar-refractivity contribution in [2.45, 2.75) is 25.9 Å². The lowest BCUT2D eigenvalue weighted by molar-refractivity contribution is 0.407. The van der Waals surface area contributed by atoms with E-state index in [-0.39, 0.29) is 5.56 Å². The minimum Gasteiger partial charge on any atom is -0.368 e. The summed E-state index contributed by atoms with van der Waals surface area (Å²) in [6, 6.07) is 17.0. The summed E-state index contributed by atoms with van der Waals surface area (Å²) >= 11 is 0. The minimum atomic E-state index is -0.124. The number of piperazine rings is 1. The molecule has 1 aliphatic heterocycles. The lowest BCUT2D eigenvalue weighted by Crippen LogP contribution is -2.54. The number of hydrogen-bond donors (Lipinski definition) is 3. The molecule has 7 heteroatoms. The van der Waals surface area contributed by atoms with Crippen LogP contribution in [0.4, 0.5) is 17.1 Å². The Hall–Kier alpha value is -3.58. The Bertz CT molecular complexity index is 1250. The van der Waals surface area contributed by atoms with E-state index >= 15 is 0 Å². The van der Waals surface area contributed by atoms with Crippen LogP contribution in [0.2, 0.25) is 0 Å². The van der Waals surface area contributed by atoms with Crippen molar-refractivity contribution in [3.8, 4) is 11.3 Å². The number of H-pyrrole nitrogens is 1. The van der Waals surface area contributed by atoms with Crippen molar-refractivity contribution in [2.24, 2.45) is 0 Å². The summed E-state index contributed by atoms with van der Waals surface area (Å²) < 4.78 is 2.00. The van der Waals surface area contributed by atoms with Crippen LogP contribution < -0.4 is 21.1 Å². The zero-order chi connectivity index (χ0) is 21.4. The first-order valence-electron chi connectivity index (χ1n) is 10.6. The summed E-state index contributed by atoms with van der Waals surface area (Å²) in [6.07, 6.45) is 5.34. The molecule has 0 bridgehead atoms. The number of hydrogen-bond acceptors (Lipinski definition) is 5. The van der Waals surface area contributed by atoms with Gasteiger partial charge < -0.3 is 20.5 Å². The Morgan fingerprint density at radius 1 is 1.03 bits per heavy atom. The second-order valence-electron chi connectivity index (χ2n) is 8.24. The molecule has 31 heavy (non-hydrogen) atoms. The van der Waals surface area contributed by atoms with E-state index in [1.807, 2.05) is 28.8 Å². The molecule has 1 fully saturated rings. The average molecular weight is 415 g/mol. The number of aromatic nitrogens is 3. The predicted octanol–water partition coefficient (Wildman–Crippen LogP) is 3.62. The highest BCUT2D eigenvalue weighted by Gasteiger charge is 2.21. The summed E-state index contributed by atoms with van der Waals surface area (Å²) in [5.74, 6) is 0. The van der Waals surface area contributed by atoms with Gasteiger partial charge in [-0.25, -0.2) is 4.98 Å². The van der Waals surface area contributed by atoms with E-state index in [2.05, 4.69) is 63.6 Å². The minimum absolute atomic E-state index is 0.124. The topological polar surface area (TPSA) is 77.5 Å². The highest BCUT2D eigenvalue weighted by atomic mass is 16.1. The number of fused-ring (bicyclic) bond motifs is 1. The van der Waals surface area contributed by atoms with Gasteiger partial charge in [0.2, 0.25) is 5.56 Å². The van der Waals surface area contributed by atoms with Gasteiger partial charge in [0.05, 0.1) is 11.4 Å². The van der Waals surface area contributed by atoms with Gasteiger partial charge in [0.15, 0.2) is 5.65 Å². The van der Waals surface area contributed by atoms with Crippen LogP contribution in [0.25, 0.3) is 16.9 Å². The number of nitrogens with one attached hydrogen (secondary N) is 3. The molecule has 1 aromatic carbocycles. The van der Waals surface area contributed by atoms with Crippen LogP contribution >= 0.6 is 0 Å². The van der Waals surface area contributed by atoms with Gasteiger partial charge >= 0.3 is 0 Å².